The van der Waals surface area contributed by atoms with Crippen LogP contribution in [0.2, 0.25) is 0 Å². The van der Waals surface area contributed by atoms with Crippen LogP contribution in [0.5, 0.6) is 0 Å². The predicted octanol–water partition coefficient (Wildman–Crippen LogP) is 4.97. The van der Waals surface area contributed by atoms with Gasteiger partial charge < -0.3 is 21.1 Å². The highest BCUT2D eigenvalue weighted by Gasteiger charge is 2.25. The normalized spacial score (nSPS) is 18.5. The van der Waals surface area contributed by atoms with Crippen LogP contribution >= 0.6 is 0 Å². The van der Waals surface area contributed by atoms with Gasteiger partial charge >= 0.3 is 6.09 Å². The van der Waals surface area contributed by atoms with Crippen molar-refractivity contribution >= 4 is 28.8 Å². The van der Waals surface area contributed by atoms with Gasteiger partial charge in [-0.2, -0.15) is 0 Å². The molecule has 1 aliphatic carbocycles. The number of pyridine rings is 1. The van der Waals surface area contributed by atoms with Gasteiger partial charge in [0.05, 0.1) is 23.1 Å². The Hall–Kier alpha value is -3.49. The van der Waals surface area contributed by atoms with E-state index in [2.05, 4.69) is 25.6 Å². The standard InChI is InChI=1S/C25H31FN6O2/c1-14-11-20(15-5-10-19(27)18(26)12-15)31-21-13-28-23(32-22(14)21)29-16-6-8-17(9-7-16)30-24(33)34-25(2,3)4/h5,10-13,16-17H,6-9,27H2,1-4H3,(H,30,33)(H,28,29,32)/t16-,17-. The van der Waals surface area contributed by atoms with E-state index in [0.717, 1.165) is 36.8 Å². The maximum absolute atomic E-state index is 13.9. The summed E-state index contributed by atoms with van der Waals surface area (Å²) >= 11 is 0. The molecule has 9 heteroatoms. The van der Waals surface area contributed by atoms with Gasteiger partial charge in [0.2, 0.25) is 5.95 Å². The number of nitrogens with one attached hydrogen (secondary N) is 2. The van der Waals surface area contributed by atoms with E-state index in [9.17, 15) is 9.18 Å². The largest absolute Gasteiger partial charge is 0.444 e. The van der Waals surface area contributed by atoms with Crippen LogP contribution in [0.3, 0.4) is 0 Å². The molecular formula is C25H31FN6O2. The van der Waals surface area contributed by atoms with E-state index < -0.39 is 11.4 Å². The van der Waals surface area contributed by atoms with Gasteiger partial charge in [-0.3, -0.25) is 0 Å². The third-order valence-corrected chi connectivity index (χ3v) is 5.81. The number of nitrogen functional groups attached to an aromatic ring is 1. The van der Waals surface area contributed by atoms with Crippen LogP contribution in [0.25, 0.3) is 22.3 Å². The zero-order chi connectivity index (χ0) is 24.5. The third kappa shape index (κ3) is 5.70. The van der Waals surface area contributed by atoms with Crippen molar-refractivity contribution in [3.05, 3.63) is 41.8 Å². The molecule has 2 heterocycles. The Kier molecular flexibility index (Phi) is 6.54. The van der Waals surface area contributed by atoms with E-state index in [1.54, 1.807) is 12.3 Å². The van der Waals surface area contributed by atoms with Crippen LogP contribution in [0.15, 0.2) is 30.5 Å². The summed E-state index contributed by atoms with van der Waals surface area (Å²) in [5.74, 6) is 0.0797. The first-order valence-electron chi connectivity index (χ1n) is 11.5. The van der Waals surface area contributed by atoms with Gasteiger partial charge in [0.1, 0.15) is 16.9 Å². The summed E-state index contributed by atoms with van der Waals surface area (Å²) in [6.45, 7) is 7.51. The maximum atomic E-state index is 13.9. The first-order chi connectivity index (χ1) is 16.1. The van der Waals surface area contributed by atoms with E-state index in [4.69, 9.17) is 10.5 Å². The molecule has 1 aromatic carbocycles. The highest BCUT2D eigenvalue weighted by atomic mass is 19.1. The number of anilines is 2. The molecule has 4 rings (SSSR count). The van der Waals surface area contributed by atoms with E-state index in [1.807, 2.05) is 33.8 Å². The summed E-state index contributed by atoms with van der Waals surface area (Å²) in [7, 11) is 0. The first-order valence-corrected chi connectivity index (χ1v) is 11.5. The number of aryl methyl sites for hydroxylation is 1. The van der Waals surface area contributed by atoms with Crippen molar-refractivity contribution in [1.29, 1.82) is 0 Å². The molecule has 0 radical (unpaired) electrons. The van der Waals surface area contributed by atoms with Crippen molar-refractivity contribution in [2.45, 2.75) is 71.1 Å². The van der Waals surface area contributed by atoms with Crippen molar-refractivity contribution in [2.24, 2.45) is 0 Å². The zero-order valence-electron chi connectivity index (χ0n) is 20.0. The number of aromatic nitrogens is 3. The molecule has 1 saturated carbocycles. The molecular weight excluding hydrogens is 435 g/mol. The van der Waals surface area contributed by atoms with E-state index in [-0.39, 0.29) is 23.9 Å². The fourth-order valence-corrected chi connectivity index (χ4v) is 4.13. The third-order valence-electron chi connectivity index (χ3n) is 5.81. The lowest BCUT2D eigenvalue weighted by atomic mass is 9.91. The van der Waals surface area contributed by atoms with Crippen molar-refractivity contribution in [2.75, 3.05) is 11.1 Å². The maximum Gasteiger partial charge on any atom is 0.407 e. The number of nitrogens with two attached hydrogens (primary N) is 1. The molecule has 0 unspecified atom stereocenters. The lowest BCUT2D eigenvalue weighted by Gasteiger charge is -2.30. The van der Waals surface area contributed by atoms with Crippen molar-refractivity contribution in [3.8, 4) is 11.3 Å². The van der Waals surface area contributed by atoms with Crippen molar-refractivity contribution in [1.82, 2.24) is 20.3 Å². The first kappa shape index (κ1) is 23.7. The Bertz CT molecular complexity index is 1200. The Morgan fingerprint density at radius 1 is 1.12 bits per heavy atom. The minimum Gasteiger partial charge on any atom is -0.444 e. The number of rotatable bonds is 4. The summed E-state index contributed by atoms with van der Waals surface area (Å²) in [6, 6.07) is 6.88. The van der Waals surface area contributed by atoms with Crippen molar-refractivity contribution in [3.63, 3.8) is 0 Å². The Morgan fingerprint density at radius 3 is 2.50 bits per heavy atom. The van der Waals surface area contributed by atoms with Crippen LogP contribution in [0.4, 0.5) is 20.8 Å². The van der Waals surface area contributed by atoms with Crippen LogP contribution < -0.4 is 16.4 Å². The monoisotopic (exact) mass is 466 g/mol. The molecule has 0 aliphatic heterocycles. The molecule has 0 spiro atoms. The molecule has 0 atom stereocenters. The molecule has 180 valence electrons. The summed E-state index contributed by atoms with van der Waals surface area (Å²) in [6.07, 6.45) is 4.80. The predicted molar refractivity (Wildman–Crippen MR) is 131 cm³/mol. The van der Waals surface area contributed by atoms with Gasteiger partial charge in [0, 0.05) is 17.6 Å². The van der Waals surface area contributed by atoms with Gasteiger partial charge in [-0.1, -0.05) is 6.07 Å². The number of benzene rings is 1. The highest BCUT2D eigenvalue weighted by Crippen LogP contribution is 2.27. The summed E-state index contributed by atoms with van der Waals surface area (Å²) in [5.41, 5.74) is 8.79. The zero-order valence-corrected chi connectivity index (χ0v) is 20.0. The topological polar surface area (TPSA) is 115 Å². The molecule has 3 aromatic rings. The van der Waals surface area contributed by atoms with Gasteiger partial charge in [0.25, 0.3) is 0 Å². The number of halogens is 1. The molecule has 4 N–H and O–H groups in total. The van der Waals surface area contributed by atoms with Crippen LogP contribution in [-0.4, -0.2) is 38.7 Å². The molecule has 2 aromatic heterocycles. The van der Waals surface area contributed by atoms with Crippen LogP contribution in [0.1, 0.15) is 52.0 Å². The van der Waals surface area contributed by atoms with E-state index in [0.29, 0.717) is 22.7 Å². The average molecular weight is 467 g/mol. The number of hydrogen-bond donors (Lipinski definition) is 3. The van der Waals surface area contributed by atoms with Crippen LogP contribution in [0, 0.1) is 12.7 Å². The number of ether oxygens (including phenoxy) is 1. The fourth-order valence-electron chi connectivity index (χ4n) is 4.13. The lowest BCUT2D eigenvalue weighted by molar-refractivity contribution is 0.0492. The molecule has 0 bridgehead atoms. The average Bonchev–Trinajstić information content (AvgIpc) is 2.76. The summed E-state index contributed by atoms with van der Waals surface area (Å²) < 4.78 is 19.2. The van der Waals surface area contributed by atoms with E-state index >= 15 is 0 Å². The number of amides is 1. The van der Waals surface area contributed by atoms with E-state index in [1.165, 1.54) is 12.1 Å². The number of fused-ring (bicyclic) bond motifs is 1. The van der Waals surface area contributed by atoms with Gasteiger partial charge in [-0.05, 0) is 77.1 Å². The Balaban J connectivity index is 1.40. The van der Waals surface area contributed by atoms with Crippen LogP contribution in [-0.2, 0) is 4.74 Å². The second-order valence-electron chi connectivity index (χ2n) is 9.83. The SMILES string of the molecule is Cc1cc(-c2ccc(N)c(F)c2)nc2cnc(N[C@H]3CC[C@H](NC(=O)OC(C)(C)C)CC3)nc12. The molecule has 1 aliphatic rings. The number of carbonyl (C=O) groups excluding carboxylic acids is 1. The van der Waals surface area contributed by atoms with Gasteiger partial charge in [-0.15, -0.1) is 0 Å². The molecule has 34 heavy (non-hydrogen) atoms. The molecule has 1 fully saturated rings. The second-order valence-corrected chi connectivity index (χ2v) is 9.83. The number of nitrogens with zero attached hydrogens (tertiary/aromatic N) is 3. The number of alkyl carbamates (subject to hydrolysis) is 1. The quantitative estimate of drug-likeness (QED) is 0.465. The lowest BCUT2D eigenvalue weighted by Crippen LogP contribution is -2.42. The summed E-state index contributed by atoms with van der Waals surface area (Å²) in [5, 5.41) is 6.37. The second kappa shape index (κ2) is 9.40. The van der Waals surface area contributed by atoms with Gasteiger partial charge in [0.15, 0.2) is 0 Å². The smallest absolute Gasteiger partial charge is 0.407 e. The van der Waals surface area contributed by atoms with Gasteiger partial charge in [-0.25, -0.2) is 24.1 Å². The molecule has 8 nitrogen and oxygen atoms in total. The highest BCUT2D eigenvalue weighted by molar-refractivity contribution is 5.81. The summed E-state index contributed by atoms with van der Waals surface area (Å²) in [4.78, 5) is 25.7. The Labute approximate surface area is 198 Å². The number of hydrogen-bond acceptors (Lipinski definition) is 7. The minimum absolute atomic E-state index is 0.105. The fraction of sp³-hybridized carbons (Fsp3) is 0.440. The Morgan fingerprint density at radius 2 is 1.82 bits per heavy atom. The minimum atomic E-state index is -0.505. The van der Waals surface area contributed by atoms with Crippen molar-refractivity contribution < 1.29 is 13.9 Å². The molecule has 1 amide bonds. The molecule has 0 saturated heterocycles. The number of carbonyl (C=O) groups is 1.